The van der Waals surface area contributed by atoms with E-state index in [0.29, 0.717) is 17.9 Å². The van der Waals surface area contributed by atoms with E-state index in [-0.39, 0.29) is 0 Å². The van der Waals surface area contributed by atoms with Crippen LogP contribution in [0.25, 0.3) is 0 Å². The minimum Gasteiger partial charge on any atom is -0.457 e. The first-order valence-corrected chi connectivity index (χ1v) is 7.61. The molecule has 0 radical (unpaired) electrons. The first-order chi connectivity index (χ1) is 9.31. The predicted octanol–water partition coefficient (Wildman–Crippen LogP) is 4.50. The third-order valence-corrected chi connectivity index (χ3v) is 4.55. The van der Waals surface area contributed by atoms with Crippen LogP contribution in [0.4, 0.5) is 0 Å². The van der Waals surface area contributed by atoms with Gasteiger partial charge in [-0.15, -0.1) is 0 Å². The average Bonchev–Trinajstić information content (AvgIpc) is 3.12. The van der Waals surface area contributed by atoms with Crippen molar-refractivity contribution in [3.8, 4) is 0 Å². The molecular formula is C16H18BrNO. The molecule has 0 aliphatic heterocycles. The topological polar surface area (TPSA) is 25.2 Å². The van der Waals surface area contributed by atoms with Crippen LogP contribution in [0.3, 0.4) is 0 Å². The number of rotatable bonds is 5. The zero-order valence-electron chi connectivity index (χ0n) is 11.0. The van der Waals surface area contributed by atoms with Crippen molar-refractivity contribution in [2.75, 3.05) is 6.54 Å². The largest absolute Gasteiger partial charge is 0.457 e. The lowest BCUT2D eigenvalue weighted by Crippen LogP contribution is -2.23. The van der Waals surface area contributed by atoms with Crippen molar-refractivity contribution < 1.29 is 4.42 Å². The summed E-state index contributed by atoms with van der Waals surface area (Å²) in [5.41, 5.74) is 2.69. The molecular weight excluding hydrogens is 302 g/mol. The van der Waals surface area contributed by atoms with Gasteiger partial charge in [-0.25, -0.2) is 0 Å². The van der Waals surface area contributed by atoms with Crippen molar-refractivity contribution in [3.63, 3.8) is 0 Å². The van der Waals surface area contributed by atoms with E-state index in [1.807, 2.05) is 0 Å². The van der Waals surface area contributed by atoms with Crippen LogP contribution in [0.15, 0.2) is 51.7 Å². The minimum absolute atomic E-state index is 0.378. The molecule has 3 rings (SSSR count). The van der Waals surface area contributed by atoms with Crippen molar-refractivity contribution in [2.24, 2.45) is 5.92 Å². The van der Waals surface area contributed by atoms with E-state index in [1.165, 1.54) is 17.5 Å². The number of hydrogen-bond donors (Lipinski definition) is 1. The Balaban J connectivity index is 1.79. The molecule has 0 saturated heterocycles. The Kier molecular flexibility index (Phi) is 3.76. The van der Waals surface area contributed by atoms with Gasteiger partial charge in [0.15, 0.2) is 4.67 Å². The fraction of sp³-hybridized carbons (Fsp3) is 0.375. The Morgan fingerprint density at radius 1 is 1.32 bits per heavy atom. The van der Waals surface area contributed by atoms with Gasteiger partial charge in [0.2, 0.25) is 0 Å². The summed E-state index contributed by atoms with van der Waals surface area (Å²) in [5, 5.41) is 3.60. The molecule has 1 aromatic heterocycles. The van der Waals surface area contributed by atoms with Crippen molar-refractivity contribution in [3.05, 3.63) is 58.5 Å². The quantitative estimate of drug-likeness (QED) is 0.878. The molecule has 0 bridgehead atoms. The van der Waals surface area contributed by atoms with Gasteiger partial charge >= 0.3 is 0 Å². The Bertz CT molecular complexity index is 537. The summed E-state index contributed by atoms with van der Waals surface area (Å²) in [6, 6.07) is 13.2. The second-order valence-electron chi connectivity index (χ2n) is 5.10. The van der Waals surface area contributed by atoms with Gasteiger partial charge in [0.25, 0.3) is 0 Å². The molecule has 0 spiro atoms. The second kappa shape index (κ2) is 5.51. The smallest absolute Gasteiger partial charge is 0.173 e. The van der Waals surface area contributed by atoms with Crippen LogP contribution in [0.2, 0.25) is 0 Å². The van der Waals surface area contributed by atoms with Crippen LogP contribution >= 0.6 is 15.9 Å². The Hall–Kier alpha value is -1.06. The molecule has 1 fully saturated rings. The summed E-state index contributed by atoms with van der Waals surface area (Å²) >= 11 is 3.50. The Labute approximate surface area is 122 Å². The number of nitrogens with one attached hydrogen (secondary N) is 1. The normalized spacial score (nSPS) is 23.3. The summed E-state index contributed by atoms with van der Waals surface area (Å²) in [7, 11) is 0. The predicted molar refractivity (Wildman–Crippen MR) is 80.1 cm³/mol. The van der Waals surface area contributed by atoms with Gasteiger partial charge in [0, 0.05) is 11.6 Å². The molecule has 1 aliphatic carbocycles. The zero-order chi connectivity index (χ0) is 13.2. The van der Waals surface area contributed by atoms with Gasteiger partial charge in [0.1, 0.15) is 0 Å². The molecule has 2 nitrogen and oxygen atoms in total. The zero-order valence-corrected chi connectivity index (χ0v) is 12.6. The van der Waals surface area contributed by atoms with Crippen LogP contribution in [-0.2, 0) is 0 Å². The minimum atomic E-state index is 0.378. The molecule has 1 aromatic carbocycles. The lowest BCUT2D eigenvalue weighted by atomic mass is 10.0. The maximum absolute atomic E-state index is 5.39. The molecule has 100 valence electrons. The van der Waals surface area contributed by atoms with Crippen LogP contribution in [0, 0.1) is 5.92 Å². The Morgan fingerprint density at radius 2 is 2.11 bits per heavy atom. The van der Waals surface area contributed by atoms with E-state index in [1.54, 1.807) is 6.26 Å². The van der Waals surface area contributed by atoms with Crippen molar-refractivity contribution in [1.82, 2.24) is 5.32 Å². The highest BCUT2D eigenvalue weighted by Gasteiger charge is 2.44. The SMILES string of the molecule is CCNC(c1ccoc1Br)C1CC1c1ccccc1. The molecule has 1 aliphatic rings. The molecule has 3 unspecified atom stereocenters. The van der Waals surface area contributed by atoms with E-state index in [9.17, 15) is 0 Å². The van der Waals surface area contributed by atoms with Crippen LogP contribution < -0.4 is 5.32 Å². The molecule has 1 N–H and O–H groups in total. The third kappa shape index (κ3) is 2.63. The van der Waals surface area contributed by atoms with Gasteiger partial charge in [-0.1, -0.05) is 37.3 Å². The second-order valence-corrected chi connectivity index (χ2v) is 5.82. The van der Waals surface area contributed by atoms with Crippen LogP contribution in [0.5, 0.6) is 0 Å². The van der Waals surface area contributed by atoms with Gasteiger partial charge in [0.05, 0.1) is 6.26 Å². The van der Waals surface area contributed by atoms with E-state index >= 15 is 0 Å². The lowest BCUT2D eigenvalue weighted by molar-refractivity contribution is 0.468. The van der Waals surface area contributed by atoms with Crippen LogP contribution in [-0.4, -0.2) is 6.54 Å². The summed E-state index contributed by atoms with van der Waals surface area (Å²) in [6.07, 6.45) is 3.00. The fourth-order valence-electron chi connectivity index (χ4n) is 2.90. The average molecular weight is 320 g/mol. The van der Waals surface area contributed by atoms with E-state index < -0.39 is 0 Å². The van der Waals surface area contributed by atoms with Crippen molar-refractivity contribution in [1.29, 1.82) is 0 Å². The van der Waals surface area contributed by atoms with Gasteiger partial charge in [-0.3, -0.25) is 0 Å². The first kappa shape index (κ1) is 12.9. The number of furan rings is 1. The van der Waals surface area contributed by atoms with E-state index in [4.69, 9.17) is 4.42 Å². The van der Waals surface area contributed by atoms with Gasteiger partial charge in [-0.05, 0) is 52.4 Å². The number of hydrogen-bond acceptors (Lipinski definition) is 2. The molecule has 3 atom stereocenters. The van der Waals surface area contributed by atoms with Gasteiger partial charge in [-0.2, -0.15) is 0 Å². The summed E-state index contributed by atoms with van der Waals surface area (Å²) in [4.78, 5) is 0. The number of halogens is 1. The fourth-order valence-corrected chi connectivity index (χ4v) is 3.39. The first-order valence-electron chi connectivity index (χ1n) is 6.82. The molecule has 19 heavy (non-hydrogen) atoms. The molecule has 0 amide bonds. The Morgan fingerprint density at radius 3 is 2.74 bits per heavy atom. The highest BCUT2D eigenvalue weighted by Crippen LogP contribution is 2.54. The molecule has 1 heterocycles. The molecule has 3 heteroatoms. The highest BCUT2D eigenvalue weighted by molar-refractivity contribution is 9.10. The van der Waals surface area contributed by atoms with Crippen LogP contribution in [0.1, 0.15) is 36.4 Å². The highest BCUT2D eigenvalue weighted by atomic mass is 79.9. The molecule has 2 aromatic rings. The molecule has 1 saturated carbocycles. The summed E-state index contributed by atoms with van der Waals surface area (Å²) in [6.45, 7) is 3.13. The van der Waals surface area contributed by atoms with Crippen molar-refractivity contribution >= 4 is 15.9 Å². The maximum Gasteiger partial charge on any atom is 0.173 e. The maximum atomic E-state index is 5.39. The van der Waals surface area contributed by atoms with Crippen molar-refractivity contribution in [2.45, 2.75) is 25.3 Å². The van der Waals surface area contributed by atoms with E-state index in [0.717, 1.165) is 11.2 Å². The standard InChI is InChI=1S/C16H18BrNO/c1-2-18-15(12-8-9-19-16(12)17)14-10-13(14)11-6-4-3-5-7-11/h3-9,13-15,18H,2,10H2,1H3. The lowest BCUT2D eigenvalue weighted by Gasteiger charge is -2.17. The van der Waals surface area contributed by atoms with E-state index in [2.05, 4.69) is 64.6 Å². The van der Waals surface area contributed by atoms with Gasteiger partial charge < -0.3 is 9.73 Å². The summed E-state index contributed by atoms with van der Waals surface area (Å²) in [5.74, 6) is 1.34. The summed E-state index contributed by atoms with van der Waals surface area (Å²) < 4.78 is 6.25. The monoisotopic (exact) mass is 319 g/mol. The third-order valence-electron chi connectivity index (χ3n) is 3.90. The number of benzene rings is 1.